The molecule has 0 heterocycles. The van der Waals surface area contributed by atoms with Crippen molar-refractivity contribution >= 4 is 31.5 Å². The minimum absolute atomic E-state index is 0.0897. The highest BCUT2D eigenvalue weighted by atomic mass is 32.2. The molecule has 2 aromatic carbocycles. The van der Waals surface area contributed by atoms with Crippen LogP contribution in [0.3, 0.4) is 0 Å². The van der Waals surface area contributed by atoms with Crippen molar-refractivity contribution in [1.29, 1.82) is 0 Å². The van der Waals surface area contributed by atoms with Gasteiger partial charge in [0.05, 0.1) is 0 Å². The van der Waals surface area contributed by atoms with Crippen molar-refractivity contribution in [3.05, 3.63) is 66.2 Å². The summed E-state index contributed by atoms with van der Waals surface area (Å²) in [6, 6.07) is 11.9. The zero-order valence-corrected chi connectivity index (χ0v) is 15.5. The predicted octanol–water partition coefficient (Wildman–Crippen LogP) is 1.01. The Morgan fingerprint density at radius 1 is 0.846 bits per heavy atom. The molecule has 0 aliphatic heterocycles. The molecule has 0 amide bonds. The van der Waals surface area contributed by atoms with Crippen LogP contribution in [0.2, 0.25) is 0 Å². The van der Waals surface area contributed by atoms with Crippen LogP contribution in [-0.4, -0.2) is 22.6 Å². The monoisotopic (exact) mass is 397 g/mol. The topological polar surface area (TPSA) is 163 Å². The normalized spacial score (nSPS) is 11.2. The number of benzene rings is 2. The van der Waals surface area contributed by atoms with Crippen LogP contribution in [0.5, 0.6) is 0 Å². The number of nitrogens with two attached hydrogens (primary N) is 3. The first-order valence-electron chi connectivity index (χ1n) is 7.05. The third kappa shape index (κ3) is 5.77. The summed E-state index contributed by atoms with van der Waals surface area (Å²) >= 11 is 0. The van der Waals surface area contributed by atoms with Gasteiger partial charge >= 0.3 is 0 Å². The zero-order valence-electron chi connectivity index (χ0n) is 13.9. The van der Waals surface area contributed by atoms with Crippen molar-refractivity contribution in [2.24, 2.45) is 10.3 Å². The molecule has 10 heteroatoms. The molecule has 0 saturated heterocycles. The fraction of sp³-hybridized carbons (Fsp3) is 0.0625. The van der Waals surface area contributed by atoms with E-state index in [1.807, 2.05) is 0 Å². The summed E-state index contributed by atoms with van der Waals surface area (Å²) in [7, 11) is -8.15. The number of hydrogen-bond acceptors (Lipinski definition) is 6. The van der Waals surface area contributed by atoms with Crippen LogP contribution in [0, 0.1) is 0 Å². The number of rotatable bonds is 4. The largest absolute Gasteiger partial charge is 0.398 e. The molecule has 0 saturated carbocycles. The second-order valence-corrected chi connectivity index (χ2v) is 8.29. The van der Waals surface area contributed by atoms with E-state index in [9.17, 15) is 21.6 Å². The van der Waals surface area contributed by atoms with Crippen molar-refractivity contribution in [2.45, 2.75) is 16.7 Å². The van der Waals surface area contributed by atoms with Gasteiger partial charge in [-0.25, -0.2) is 27.1 Å². The highest BCUT2D eigenvalue weighted by Gasteiger charge is 2.20. The Hall–Kier alpha value is -2.53. The van der Waals surface area contributed by atoms with Crippen molar-refractivity contribution in [2.75, 3.05) is 5.73 Å². The molecule has 2 aromatic rings. The highest BCUT2D eigenvalue weighted by Crippen LogP contribution is 2.17. The highest BCUT2D eigenvalue weighted by molar-refractivity contribution is 7.92. The van der Waals surface area contributed by atoms with Gasteiger partial charge in [-0.15, -0.1) is 0 Å². The number of Topliss-reactive ketones (excluding diaryl/α,β-unsaturated/α-hetero) is 1. The van der Waals surface area contributed by atoms with Crippen LogP contribution < -0.4 is 16.0 Å². The lowest BCUT2D eigenvalue weighted by molar-refractivity contribution is 0.103. The Kier molecular flexibility index (Phi) is 6.81. The molecule has 0 aromatic heterocycles. The van der Waals surface area contributed by atoms with E-state index in [0.29, 0.717) is 16.8 Å². The molecule has 0 spiro atoms. The Labute approximate surface area is 152 Å². The van der Waals surface area contributed by atoms with Gasteiger partial charge in [-0.05, 0) is 36.8 Å². The van der Waals surface area contributed by atoms with Crippen LogP contribution in [-0.2, 0) is 20.0 Å². The van der Waals surface area contributed by atoms with Crippen LogP contribution in [0.1, 0.15) is 17.3 Å². The lowest BCUT2D eigenvalue weighted by atomic mass is 10.0. The van der Waals surface area contributed by atoms with Crippen molar-refractivity contribution in [3.8, 4) is 0 Å². The third-order valence-electron chi connectivity index (χ3n) is 3.06. The number of anilines is 1. The number of para-hydroxylation sites is 1. The van der Waals surface area contributed by atoms with E-state index in [-0.39, 0.29) is 5.78 Å². The van der Waals surface area contributed by atoms with Crippen LogP contribution in [0.15, 0.2) is 70.5 Å². The van der Waals surface area contributed by atoms with E-state index < -0.39 is 29.8 Å². The first-order chi connectivity index (χ1) is 11.9. The minimum Gasteiger partial charge on any atom is -0.398 e. The summed E-state index contributed by atoms with van der Waals surface area (Å²) in [5.41, 5.74) is 7.14. The van der Waals surface area contributed by atoms with Gasteiger partial charge in [0.1, 0.15) is 9.79 Å². The SMILES string of the molecule is C=C(C)C(=O)c1ccccc1N.NS(=O)(=O)c1ccccc1S(N)(=O)=O. The van der Waals surface area contributed by atoms with Gasteiger partial charge in [0.25, 0.3) is 0 Å². The van der Waals surface area contributed by atoms with Gasteiger partial charge in [-0.2, -0.15) is 0 Å². The molecule has 0 aliphatic carbocycles. The fourth-order valence-corrected chi connectivity index (χ4v) is 3.78. The first kappa shape index (κ1) is 21.5. The van der Waals surface area contributed by atoms with E-state index in [0.717, 1.165) is 12.1 Å². The first-order valence-corrected chi connectivity index (χ1v) is 10.1. The second-order valence-electron chi connectivity index (χ2n) is 5.23. The molecule has 0 radical (unpaired) electrons. The van der Waals surface area contributed by atoms with Gasteiger partial charge in [-0.1, -0.05) is 30.8 Å². The summed E-state index contributed by atoms with van der Waals surface area (Å²) in [6.07, 6.45) is 0. The number of nitrogen functional groups attached to an aromatic ring is 1. The Morgan fingerprint density at radius 2 is 1.23 bits per heavy atom. The molecule has 6 N–H and O–H groups in total. The maximum Gasteiger partial charge on any atom is 0.239 e. The summed E-state index contributed by atoms with van der Waals surface area (Å²) in [4.78, 5) is 10.4. The van der Waals surface area contributed by atoms with E-state index in [2.05, 4.69) is 6.58 Å². The van der Waals surface area contributed by atoms with Gasteiger partial charge < -0.3 is 5.73 Å². The number of sulfonamides is 2. The van der Waals surface area contributed by atoms with Crippen LogP contribution in [0.4, 0.5) is 5.69 Å². The molecule has 0 atom stereocenters. The lowest BCUT2D eigenvalue weighted by Crippen LogP contribution is -2.20. The van der Waals surface area contributed by atoms with Crippen molar-refractivity contribution in [3.63, 3.8) is 0 Å². The van der Waals surface area contributed by atoms with Gasteiger partial charge in [0.15, 0.2) is 5.78 Å². The number of carbonyl (C=O) groups excluding carboxylic acids is 1. The summed E-state index contributed by atoms with van der Waals surface area (Å²) in [6.45, 7) is 5.24. The molecule has 0 bridgehead atoms. The second kappa shape index (κ2) is 8.23. The zero-order chi connectivity index (χ0) is 20.1. The average molecular weight is 397 g/mol. The summed E-state index contributed by atoms with van der Waals surface area (Å²) in [5, 5.41) is 9.61. The molecule has 0 fully saturated rings. The van der Waals surface area contributed by atoms with Crippen molar-refractivity contribution in [1.82, 2.24) is 0 Å². The summed E-state index contributed by atoms with van der Waals surface area (Å²) < 4.78 is 43.8. The molecule has 0 unspecified atom stereocenters. The minimum atomic E-state index is -4.08. The Bertz CT molecular complexity index is 994. The predicted molar refractivity (Wildman–Crippen MR) is 99.2 cm³/mol. The molecular weight excluding hydrogens is 378 g/mol. The average Bonchev–Trinajstić information content (AvgIpc) is 2.53. The number of primary sulfonamides is 2. The standard InChI is InChI=1S/C10H11NO.C6H8N2O4S2/c1-7(2)10(12)8-5-3-4-6-9(8)11;7-13(9,10)5-3-1-2-4-6(5)14(8,11)12/h3-6H,1,11H2,2H3;1-4H,(H2,7,9,10)(H2,8,11,12). The van der Waals surface area contributed by atoms with E-state index in [4.69, 9.17) is 16.0 Å². The van der Waals surface area contributed by atoms with E-state index in [1.165, 1.54) is 12.1 Å². The Balaban J connectivity index is 0.000000263. The van der Waals surface area contributed by atoms with Crippen LogP contribution >= 0.6 is 0 Å². The molecule has 26 heavy (non-hydrogen) atoms. The smallest absolute Gasteiger partial charge is 0.239 e. The summed E-state index contributed by atoms with van der Waals surface area (Å²) in [5.74, 6) is -0.0897. The van der Waals surface area contributed by atoms with Gasteiger partial charge in [0.2, 0.25) is 20.0 Å². The fourth-order valence-electron chi connectivity index (χ4n) is 1.85. The lowest BCUT2D eigenvalue weighted by Gasteiger charge is -2.03. The number of ketones is 1. The van der Waals surface area contributed by atoms with Gasteiger partial charge in [0, 0.05) is 11.3 Å². The molecular formula is C16H19N3O5S2. The van der Waals surface area contributed by atoms with Crippen LogP contribution in [0.25, 0.3) is 0 Å². The molecule has 140 valence electrons. The molecule has 8 nitrogen and oxygen atoms in total. The Morgan fingerprint density at radius 3 is 1.58 bits per heavy atom. The molecule has 2 rings (SSSR count). The van der Waals surface area contributed by atoms with Gasteiger partial charge in [-0.3, -0.25) is 4.79 Å². The maximum absolute atomic E-state index is 11.4. The van der Waals surface area contributed by atoms with E-state index in [1.54, 1.807) is 31.2 Å². The maximum atomic E-state index is 11.4. The van der Waals surface area contributed by atoms with E-state index >= 15 is 0 Å². The molecule has 0 aliphatic rings. The van der Waals surface area contributed by atoms with Crippen molar-refractivity contribution < 1.29 is 21.6 Å². The number of hydrogen-bond donors (Lipinski definition) is 3. The quantitative estimate of drug-likeness (QED) is 0.396. The number of carbonyl (C=O) groups is 1. The number of allylic oxidation sites excluding steroid dienone is 1. The third-order valence-corrected chi connectivity index (χ3v) is 5.12.